The third-order valence-corrected chi connectivity index (χ3v) is 9.60. The minimum atomic E-state index is 0.171. The normalized spacial score (nSPS) is 16.7. The van der Waals surface area contributed by atoms with Gasteiger partial charge >= 0.3 is 0 Å². The van der Waals surface area contributed by atoms with Crippen LogP contribution >= 0.6 is 0 Å². The van der Waals surface area contributed by atoms with Crippen LogP contribution in [0.25, 0.3) is 0 Å². The summed E-state index contributed by atoms with van der Waals surface area (Å²) in [6.07, 6.45) is 23.7. The molecule has 2 heterocycles. The topological polar surface area (TPSA) is 76.2 Å². The van der Waals surface area contributed by atoms with E-state index in [1.807, 2.05) is 11.8 Å². The molecule has 244 valence electrons. The molecule has 2 fully saturated rings. The van der Waals surface area contributed by atoms with Crippen LogP contribution in [-0.2, 0) is 23.9 Å². The minimum absolute atomic E-state index is 0.171. The van der Waals surface area contributed by atoms with E-state index in [0.29, 0.717) is 63.4 Å². The summed E-state index contributed by atoms with van der Waals surface area (Å²) < 4.78 is 11.0. The van der Waals surface area contributed by atoms with E-state index in [4.69, 9.17) is 9.47 Å². The molecule has 2 saturated heterocycles. The van der Waals surface area contributed by atoms with E-state index in [1.54, 1.807) is 0 Å². The van der Waals surface area contributed by atoms with Crippen molar-refractivity contribution in [1.29, 1.82) is 0 Å². The Labute approximate surface area is 257 Å². The lowest BCUT2D eigenvalue weighted by molar-refractivity contribution is -0.137. The Morgan fingerprint density at radius 2 is 0.929 bits per heavy atom. The van der Waals surface area contributed by atoms with E-state index in [9.17, 15) is 14.4 Å². The zero-order valence-electron chi connectivity index (χ0n) is 27.4. The highest BCUT2D eigenvalue weighted by Gasteiger charge is 2.39. The minimum Gasteiger partial charge on any atom is -0.379 e. The number of ether oxygens (including phenoxy) is 2. The number of piperidine rings is 2. The molecule has 1 spiro atoms. The van der Waals surface area contributed by atoms with Crippen molar-refractivity contribution in [2.75, 3.05) is 52.6 Å². The Morgan fingerprint density at radius 1 is 0.524 bits per heavy atom. The fourth-order valence-electron chi connectivity index (χ4n) is 6.42. The summed E-state index contributed by atoms with van der Waals surface area (Å²) in [5.74, 6) is 0.731. The van der Waals surface area contributed by atoms with E-state index in [1.165, 1.54) is 77.0 Å². The maximum atomic E-state index is 12.8. The molecule has 0 aromatic heterocycles. The van der Waals surface area contributed by atoms with Gasteiger partial charge in [-0.15, -0.1) is 0 Å². The number of hydrogen-bond donors (Lipinski definition) is 0. The Hall–Kier alpha value is -1.47. The van der Waals surface area contributed by atoms with Gasteiger partial charge in [-0.3, -0.25) is 14.4 Å². The summed E-state index contributed by atoms with van der Waals surface area (Å²) in [5, 5.41) is 0. The molecule has 42 heavy (non-hydrogen) atoms. The van der Waals surface area contributed by atoms with Gasteiger partial charge in [-0.25, -0.2) is 0 Å². The molecule has 0 atom stereocenters. The molecule has 2 rings (SSSR count). The number of unbranched alkanes of at least 4 members (excludes halogenated alkanes) is 12. The molecule has 7 nitrogen and oxygen atoms in total. The summed E-state index contributed by atoms with van der Waals surface area (Å²) in [7, 11) is 0. The van der Waals surface area contributed by atoms with E-state index >= 15 is 0 Å². The number of hydrogen-bond acceptors (Lipinski definition) is 5. The van der Waals surface area contributed by atoms with E-state index < -0.39 is 0 Å². The van der Waals surface area contributed by atoms with Gasteiger partial charge in [0.15, 0.2) is 0 Å². The molecule has 0 bridgehead atoms. The second-order valence-electron chi connectivity index (χ2n) is 12.9. The van der Waals surface area contributed by atoms with Gasteiger partial charge in [0.25, 0.3) is 0 Å². The van der Waals surface area contributed by atoms with Gasteiger partial charge in [0.2, 0.25) is 11.8 Å². The van der Waals surface area contributed by atoms with E-state index in [2.05, 4.69) is 11.8 Å². The maximum Gasteiger partial charge on any atom is 0.224 e. The van der Waals surface area contributed by atoms with Crippen molar-refractivity contribution in [3.63, 3.8) is 0 Å². The van der Waals surface area contributed by atoms with Gasteiger partial charge in [-0.2, -0.15) is 0 Å². The first-order valence-corrected chi connectivity index (χ1v) is 17.7. The van der Waals surface area contributed by atoms with Crippen molar-refractivity contribution in [3.8, 4) is 0 Å². The second kappa shape index (κ2) is 23.0. The Kier molecular flexibility index (Phi) is 20.1. The summed E-state index contributed by atoms with van der Waals surface area (Å²) in [5.41, 5.74) is 0.302. The average Bonchev–Trinajstić information content (AvgIpc) is 3.01. The third-order valence-electron chi connectivity index (χ3n) is 9.60. The third kappa shape index (κ3) is 15.8. The highest BCUT2D eigenvalue weighted by molar-refractivity contribution is 5.78. The molecule has 2 aliphatic heterocycles. The quantitative estimate of drug-likeness (QED) is 0.109. The maximum absolute atomic E-state index is 12.8. The Balaban J connectivity index is 1.44. The first-order valence-electron chi connectivity index (χ1n) is 17.7. The van der Waals surface area contributed by atoms with Gasteiger partial charge in [0.05, 0.1) is 32.8 Å². The van der Waals surface area contributed by atoms with Gasteiger partial charge in [0, 0.05) is 45.4 Å². The van der Waals surface area contributed by atoms with E-state index in [0.717, 1.165) is 58.3 Å². The lowest BCUT2D eigenvalue weighted by Gasteiger charge is -2.47. The molecule has 7 heteroatoms. The zero-order chi connectivity index (χ0) is 30.3. The molecule has 0 N–H and O–H groups in total. The SMILES string of the molecule is CCCCCCCCCCCCCCCC(=O)N1CCC2(CC1)CCN(C(=O)CCOCCOCCC(=O)CC)CC2. The molecular formula is C35H64N2O5. The number of likely N-dealkylation sites (tertiary alicyclic amines) is 2. The number of ketones is 1. The number of Topliss-reactive ketones (excluding diaryl/α,β-unsaturated/α-hetero) is 1. The van der Waals surface area contributed by atoms with Crippen LogP contribution in [0.3, 0.4) is 0 Å². The molecule has 0 unspecified atom stereocenters. The van der Waals surface area contributed by atoms with Crippen LogP contribution in [0, 0.1) is 5.41 Å². The number of carbonyl (C=O) groups is 3. The van der Waals surface area contributed by atoms with Crippen LogP contribution in [0.1, 0.15) is 149 Å². The second-order valence-corrected chi connectivity index (χ2v) is 12.9. The highest BCUT2D eigenvalue weighted by atomic mass is 16.5. The molecular weight excluding hydrogens is 528 g/mol. The summed E-state index contributed by atoms with van der Waals surface area (Å²) >= 11 is 0. The van der Waals surface area contributed by atoms with Crippen molar-refractivity contribution in [1.82, 2.24) is 9.80 Å². The summed E-state index contributed by atoms with van der Waals surface area (Å²) in [6, 6.07) is 0. The first-order chi connectivity index (χ1) is 20.5. The molecule has 0 aromatic rings. The number of nitrogens with zero attached hydrogens (tertiary/aromatic N) is 2. The Morgan fingerprint density at radius 3 is 1.38 bits per heavy atom. The van der Waals surface area contributed by atoms with Gasteiger partial charge < -0.3 is 19.3 Å². The van der Waals surface area contributed by atoms with Crippen LogP contribution in [0.4, 0.5) is 0 Å². The number of carbonyl (C=O) groups excluding carboxylic acids is 3. The number of rotatable bonds is 24. The molecule has 0 saturated carbocycles. The molecule has 0 aromatic carbocycles. The Bertz CT molecular complexity index is 725. The fourth-order valence-corrected chi connectivity index (χ4v) is 6.42. The van der Waals surface area contributed by atoms with Crippen molar-refractivity contribution in [2.24, 2.45) is 5.41 Å². The van der Waals surface area contributed by atoms with Crippen molar-refractivity contribution in [3.05, 3.63) is 0 Å². The van der Waals surface area contributed by atoms with Gasteiger partial charge in [-0.05, 0) is 37.5 Å². The van der Waals surface area contributed by atoms with Crippen molar-refractivity contribution in [2.45, 2.75) is 149 Å². The zero-order valence-corrected chi connectivity index (χ0v) is 27.4. The predicted octanol–water partition coefficient (Wildman–Crippen LogP) is 7.49. The largest absolute Gasteiger partial charge is 0.379 e. The summed E-state index contributed by atoms with van der Waals surface area (Å²) in [6.45, 7) is 9.29. The molecule has 0 radical (unpaired) electrons. The van der Waals surface area contributed by atoms with Crippen LogP contribution < -0.4 is 0 Å². The van der Waals surface area contributed by atoms with Crippen molar-refractivity contribution >= 4 is 17.6 Å². The monoisotopic (exact) mass is 592 g/mol. The van der Waals surface area contributed by atoms with E-state index in [-0.39, 0.29) is 11.7 Å². The van der Waals surface area contributed by atoms with Gasteiger partial charge in [-0.1, -0.05) is 90.9 Å². The predicted molar refractivity (Wildman–Crippen MR) is 171 cm³/mol. The van der Waals surface area contributed by atoms with Crippen LogP contribution in [-0.4, -0.2) is 80.0 Å². The highest BCUT2D eigenvalue weighted by Crippen LogP contribution is 2.41. The van der Waals surface area contributed by atoms with Crippen LogP contribution in [0.5, 0.6) is 0 Å². The molecule has 2 aliphatic rings. The molecule has 2 amide bonds. The van der Waals surface area contributed by atoms with Gasteiger partial charge in [0.1, 0.15) is 5.78 Å². The lowest BCUT2D eigenvalue weighted by atomic mass is 9.71. The summed E-state index contributed by atoms with van der Waals surface area (Å²) in [4.78, 5) is 40.8. The van der Waals surface area contributed by atoms with Crippen LogP contribution in [0.15, 0.2) is 0 Å². The first kappa shape index (κ1) is 36.7. The van der Waals surface area contributed by atoms with Crippen LogP contribution in [0.2, 0.25) is 0 Å². The van der Waals surface area contributed by atoms with Crippen molar-refractivity contribution < 1.29 is 23.9 Å². The smallest absolute Gasteiger partial charge is 0.224 e. The number of amides is 2. The fraction of sp³-hybridized carbons (Fsp3) is 0.914. The standard InChI is InChI=1S/C35H64N2O5/c1-3-5-6-7-8-9-10-11-12-13-14-15-16-17-33(39)36-24-20-35(21-25-36)22-26-37(27-23-35)34(40)19-29-42-31-30-41-28-18-32(38)4-2/h3-31H2,1-2H3. The average molecular weight is 593 g/mol. The molecule has 0 aliphatic carbocycles. The lowest BCUT2D eigenvalue weighted by Crippen LogP contribution is -2.49.